The van der Waals surface area contributed by atoms with Crippen molar-refractivity contribution < 1.29 is 4.79 Å². The van der Waals surface area contributed by atoms with Crippen LogP contribution in [0.1, 0.15) is 41.5 Å². The van der Waals surface area contributed by atoms with Gasteiger partial charge in [0.15, 0.2) is 5.69 Å². The molecule has 0 spiro atoms. The lowest BCUT2D eigenvalue weighted by Gasteiger charge is -2.13. The van der Waals surface area contributed by atoms with Gasteiger partial charge in [0.2, 0.25) is 0 Å². The van der Waals surface area contributed by atoms with Crippen molar-refractivity contribution in [3.8, 4) is 6.07 Å². The van der Waals surface area contributed by atoms with Gasteiger partial charge in [-0.3, -0.25) is 9.59 Å². The van der Waals surface area contributed by atoms with Crippen LogP contribution in [0.4, 0.5) is 0 Å². The molecule has 0 saturated carbocycles. The maximum Gasteiger partial charge on any atom is 0.274 e. The van der Waals surface area contributed by atoms with E-state index in [4.69, 9.17) is 5.26 Å². The SMILES string of the molecule is CC(C)n1nc(C(=O)NCc2ccc(C#N)cc2)c2ccccc2c1=O. The van der Waals surface area contributed by atoms with Crippen molar-refractivity contribution >= 4 is 16.7 Å². The molecule has 0 aliphatic rings. The number of nitrogens with one attached hydrogen (secondary N) is 1. The van der Waals surface area contributed by atoms with Crippen molar-refractivity contribution in [1.82, 2.24) is 15.1 Å². The lowest BCUT2D eigenvalue weighted by atomic mass is 10.1. The number of amides is 1. The smallest absolute Gasteiger partial charge is 0.274 e. The Balaban J connectivity index is 1.93. The van der Waals surface area contributed by atoms with Crippen molar-refractivity contribution in [2.24, 2.45) is 0 Å². The topological polar surface area (TPSA) is 87.8 Å². The van der Waals surface area contributed by atoms with Crippen LogP contribution < -0.4 is 10.9 Å². The number of carbonyl (C=O) groups is 1. The molecule has 0 bridgehead atoms. The molecule has 0 radical (unpaired) electrons. The van der Waals surface area contributed by atoms with Gasteiger partial charge in [-0.15, -0.1) is 0 Å². The Morgan fingerprint density at radius 2 is 1.81 bits per heavy atom. The standard InChI is InChI=1S/C20H18N4O2/c1-13(2)24-20(26)17-6-4-3-5-16(17)18(23-24)19(25)22-12-15-9-7-14(11-21)8-10-15/h3-10,13H,12H2,1-2H3,(H,22,25). The largest absolute Gasteiger partial charge is 0.347 e. The van der Waals surface area contributed by atoms with Crippen LogP contribution in [0, 0.1) is 11.3 Å². The van der Waals surface area contributed by atoms with Gasteiger partial charge in [-0.05, 0) is 37.6 Å². The van der Waals surface area contributed by atoms with E-state index in [2.05, 4.69) is 16.5 Å². The van der Waals surface area contributed by atoms with Gasteiger partial charge < -0.3 is 5.32 Å². The molecule has 1 heterocycles. The summed E-state index contributed by atoms with van der Waals surface area (Å²) in [5.74, 6) is -0.347. The minimum atomic E-state index is -0.347. The van der Waals surface area contributed by atoms with Gasteiger partial charge in [-0.2, -0.15) is 10.4 Å². The summed E-state index contributed by atoms with van der Waals surface area (Å²) in [6, 6.07) is 15.9. The highest BCUT2D eigenvalue weighted by Crippen LogP contribution is 2.15. The van der Waals surface area contributed by atoms with E-state index >= 15 is 0 Å². The molecule has 0 aliphatic heterocycles. The van der Waals surface area contributed by atoms with Crippen LogP contribution in [0.5, 0.6) is 0 Å². The molecule has 0 atom stereocenters. The predicted molar refractivity (Wildman–Crippen MR) is 98.7 cm³/mol. The Morgan fingerprint density at radius 1 is 1.15 bits per heavy atom. The highest BCUT2D eigenvalue weighted by Gasteiger charge is 2.17. The first-order valence-electron chi connectivity index (χ1n) is 8.30. The molecule has 6 nitrogen and oxygen atoms in total. The van der Waals surface area contributed by atoms with Crippen molar-refractivity contribution in [3.05, 3.63) is 75.7 Å². The maximum atomic E-state index is 12.7. The number of rotatable bonds is 4. The van der Waals surface area contributed by atoms with Gasteiger partial charge in [0.25, 0.3) is 11.5 Å². The van der Waals surface area contributed by atoms with Gasteiger partial charge in [0, 0.05) is 11.9 Å². The number of hydrogen-bond donors (Lipinski definition) is 1. The van der Waals surface area contributed by atoms with Crippen molar-refractivity contribution in [2.75, 3.05) is 0 Å². The number of aromatic nitrogens is 2. The van der Waals surface area contributed by atoms with E-state index in [0.717, 1.165) is 5.56 Å². The third-order valence-corrected chi connectivity index (χ3v) is 4.07. The first kappa shape index (κ1) is 17.4. The normalized spacial score (nSPS) is 10.7. The molecule has 0 aliphatic carbocycles. The minimum Gasteiger partial charge on any atom is -0.347 e. The van der Waals surface area contributed by atoms with Crippen molar-refractivity contribution in [1.29, 1.82) is 5.26 Å². The molecule has 130 valence electrons. The van der Waals surface area contributed by atoms with Gasteiger partial charge in [0.05, 0.1) is 23.1 Å². The van der Waals surface area contributed by atoms with Gasteiger partial charge >= 0.3 is 0 Å². The second kappa shape index (κ2) is 7.19. The summed E-state index contributed by atoms with van der Waals surface area (Å²) in [7, 11) is 0. The van der Waals surface area contributed by atoms with E-state index in [1.807, 2.05) is 13.8 Å². The van der Waals surface area contributed by atoms with Crippen molar-refractivity contribution in [3.63, 3.8) is 0 Å². The molecule has 6 heteroatoms. The average Bonchev–Trinajstić information content (AvgIpc) is 2.66. The van der Waals surface area contributed by atoms with Gasteiger partial charge in [-0.25, -0.2) is 4.68 Å². The fraction of sp³-hybridized carbons (Fsp3) is 0.200. The Morgan fingerprint density at radius 3 is 2.42 bits per heavy atom. The second-order valence-corrected chi connectivity index (χ2v) is 6.23. The highest BCUT2D eigenvalue weighted by molar-refractivity contribution is 6.04. The molecule has 1 amide bonds. The van der Waals surface area contributed by atoms with Crippen LogP contribution in [0.2, 0.25) is 0 Å². The van der Waals surface area contributed by atoms with E-state index in [1.165, 1.54) is 4.68 Å². The lowest BCUT2D eigenvalue weighted by Crippen LogP contribution is -2.31. The number of carbonyl (C=O) groups excluding carboxylic acids is 1. The van der Waals surface area contributed by atoms with Crippen LogP contribution in [-0.2, 0) is 6.54 Å². The van der Waals surface area contributed by atoms with E-state index in [0.29, 0.717) is 22.9 Å². The fourth-order valence-electron chi connectivity index (χ4n) is 2.69. The summed E-state index contributed by atoms with van der Waals surface area (Å²) in [4.78, 5) is 25.2. The Hall–Kier alpha value is -3.46. The monoisotopic (exact) mass is 346 g/mol. The number of nitriles is 1. The Bertz CT molecular complexity index is 1060. The summed E-state index contributed by atoms with van der Waals surface area (Å²) in [5, 5.41) is 17.0. The lowest BCUT2D eigenvalue weighted by molar-refractivity contribution is 0.0945. The number of benzene rings is 2. The Kier molecular flexibility index (Phi) is 4.81. The van der Waals surface area contributed by atoms with Crippen LogP contribution in [0.3, 0.4) is 0 Å². The van der Waals surface area contributed by atoms with Crippen LogP contribution in [-0.4, -0.2) is 15.7 Å². The summed E-state index contributed by atoms with van der Waals surface area (Å²) in [6.07, 6.45) is 0. The quantitative estimate of drug-likeness (QED) is 0.787. The summed E-state index contributed by atoms with van der Waals surface area (Å²) in [6.45, 7) is 4.00. The van der Waals surface area contributed by atoms with Crippen molar-refractivity contribution in [2.45, 2.75) is 26.4 Å². The molecule has 0 unspecified atom stereocenters. The molecule has 3 rings (SSSR count). The molecular formula is C20H18N4O2. The second-order valence-electron chi connectivity index (χ2n) is 6.23. The first-order valence-corrected chi connectivity index (χ1v) is 8.30. The van der Waals surface area contributed by atoms with Crippen LogP contribution in [0.15, 0.2) is 53.3 Å². The van der Waals surface area contributed by atoms with E-state index in [-0.39, 0.29) is 23.2 Å². The molecular weight excluding hydrogens is 328 g/mol. The highest BCUT2D eigenvalue weighted by atomic mass is 16.2. The molecule has 0 fully saturated rings. The van der Waals surface area contributed by atoms with Crippen LogP contribution >= 0.6 is 0 Å². The summed E-state index contributed by atoms with van der Waals surface area (Å²) in [5.41, 5.74) is 1.46. The number of hydrogen-bond acceptors (Lipinski definition) is 4. The average molecular weight is 346 g/mol. The van der Waals surface area contributed by atoms with E-state index in [9.17, 15) is 9.59 Å². The van der Waals surface area contributed by atoms with E-state index < -0.39 is 0 Å². The zero-order valence-corrected chi connectivity index (χ0v) is 14.6. The third kappa shape index (κ3) is 3.33. The number of nitrogens with zero attached hydrogens (tertiary/aromatic N) is 3. The van der Waals surface area contributed by atoms with Gasteiger partial charge in [-0.1, -0.05) is 30.3 Å². The molecule has 1 N–H and O–H groups in total. The maximum absolute atomic E-state index is 12.7. The summed E-state index contributed by atoms with van der Waals surface area (Å²) < 4.78 is 1.33. The Labute approximate surface area is 150 Å². The summed E-state index contributed by atoms with van der Waals surface area (Å²) >= 11 is 0. The molecule has 2 aromatic carbocycles. The predicted octanol–water partition coefficient (Wildman–Crippen LogP) is 2.78. The van der Waals surface area contributed by atoms with Gasteiger partial charge in [0.1, 0.15) is 0 Å². The zero-order chi connectivity index (χ0) is 18.7. The third-order valence-electron chi connectivity index (χ3n) is 4.07. The van der Waals surface area contributed by atoms with E-state index in [1.54, 1.807) is 48.5 Å². The number of fused-ring (bicyclic) bond motifs is 1. The molecule has 1 aromatic heterocycles. The first-order chi connectivity index (χ1) is 12.5. The molecule has 3 aromatic rings. The minimum absolute atomic E-state index is 0.155. The molecule has 0 saturated heterocycles. The fourth-order valence-corrected chi connectivity index (χ4v) is 2.69. The molecule has 26 heavy (non-hydrogen) atoms. The van der Waals surface area contributed by atoms with Crippen LogP contribution in [0.25, 0.3) is 10.8 Å². The zero-order valence-electron chi connectivity index (χ0n) is 14.6.